The molecule has 0 amide bonds. The van der Waals surface area contributed by atoms with Crippen LogP contribution in [-0.2, 0) is 5.11 Å². The van der Waals surface area contributed by atoms with Gasteiger partial charge in [0.25, 0.3) is 0 Å². The molecular formula is C8H15O. The predicted octanol–water partition coefficient (Wildman–Crippen LogP) is 2.55. The molecule has 1 radical (unpaired) electrons. The summed E-state index contributed by atoms with van der Waals surface area (Å²) in [5, 5.41) is 10.7. The molecule has 0 aliphatic carbocycles. The van der Waals surface area contributed by atoms with E-state index in [-0.39, 0.29) is 0 Å². The number of unbranched alkanes of at least 4 members (excludes halogenated alkanes) is 1. The van der Waals surface area contributed by atoms with Crippen molar-refractivity contribution in [3.63, 3.8) is 0 Å². The second kappa shape index (κ2) is 5.83. The standard InChI is InChI=1S/C8H15O/c1-3-5-6-7-8(9)4-2/h6-8H,3-5H2,1-2H3. The predicted molar refractivity (Wildman–Crippen MR) is 38.8 cm³/mol. The molecular weight excluding hydrogens is 112 g/mol. The molecule has 9 heavy (non-hydrogen) atoms. The molecule has 0 aromatic rings. The van der Waals surface area contributed by atoms with E-state index in [0.717, 1.165) is 12.8 Å². The normalized spacial score (nSPS) is 14.6. The Hall–Kier alpha value is -0.300. The maximum absolute atomic E-state index is 10.7. The molecule has 53 valence electrons. The highest BCUT2D eigenvalue weighted by Gasteiger charge is 1.92. The van der Waals surface area contributed by atoms with Gasteiger partial charge < -0.3 is 0 Å². The summed E-state index contributed by atoms with van der Waals surface area (Å²) in [6.45, 7) is 4.02. The Bertz CT molecular complexity index is 76.6. The fourth-order valence-electron chi connectivity index (χ4n) is 0.551. The Morgan fingerprint density at radius 3 is 2.56 bits per heavy atom. The van der Waals surface area contributed by atoms with Crippen molar-refractivity contribution < 1.29 is 5.11 Å². The summed E-state index contributed by atoms with van der Waals surface area (Å²) in [4.78, 5) is 0. The number of hydrogen-bond acceptors (Lipinski definition) is 0. The molecule has 1 nitrogen and oxygen atoms in total. The average Bonchev–Trinajstić information content (AvgIpc) is 1.89. The van der Waals surface area contributed by atoms with Gasteiger partial charge in [0.05, 0.1) is 0 Å². The minimum Gasteiger partial charge on any atom is -0.229 e. The van der Waals surface area contributed by atoms with Gasteiger partial charge in [-0.05, 0) is 12.8 Å². The highest BCUT2D eigenvalue weighted by Crippen LogP contribution is 1.95. The van der Waals surface area contributed by atoms with Gasteiger partial charge in [-0.15, -0.1) is 0 Å². The van der Waals surface area contributed by atoms with Gasteiger partial charge in [-0.3, -0.25) is 0 Å². The maximum atomic E-state index is 10.7. The zero-order valence-electron chi connectivity index (χ0n) is 6.26. The van der Waals surface area contributed by atoms with Gasteiger partial charge in [-0.2, -0.15) is 0 Å². The summed E-state index contributed by atoms with van der Waals surface area (Å²) in [6, 6.07) is 0. The molecule has 0 N–H and O–H groups in total. The van der Waals surface area contributed by atoms with Crippen LogP contribution in [0.4, 0.5) is 0 Å². The number of rotatable bonds is 4. The van der Waals surface area contributed by atoms with Crippen LogP contribution in [0.1, 0.15) is 33.1 Å². The lowest BCUT2D eigenvalue weighted by Crippen LogP contribution is -1.94. The molecule has 1 unspecified atom stereocenters. The van der Waals surface area contributed by atoms with Gasteiger partial charge in [0.1, 0.15) is 6.10 Å². The fourth-order valence-corrected chi connectivity index (χ4v) is 0.551. The molecule has 0 heterocycles. The topological polar surface area (TPSA) is 19.9 Å². The van der Waals surface area contributed by atoms with Crippen molar-refractivity contribution in [1.82, 2.24) is 0 Å². The second-order valence-electron chi connectivity index (χ2n) is 2.16. The Balaban J connectivity index is 3.20. The Morgan fingerprint density at radius 2 is 2.11 bits per heavy atom. The van der Waals surface area contributed by atoms with E-state index in [1.165, 1.54) is 0 Å². The van der Waals surface area contributed by atoms with Crippen LogP contribution in [0.2, 0.25) is 0 Å². The number of hydrogen-bond donors (Lipinski definition) is 0. The van der Waals surface area contributed by atoms with Crippen molar-refractivity contribution in [2.75, 3.05) is 0 Å². The first-order valence-electron chi connectivity index (χ1n) is 3.63. The first kappa shape index (κ1) is 8.70. The molecule has 0 bridgehead atoms. The molecule has 0 aromatic heterocycles. The molecule has 0 saturated carbocycles. The van der Waals surface area contributed by atoms with Crippen molar-refractivity contribution in [2.24, 2.45) is 0 Å². The third-order valence-electron chi connectivity index (χ3n) is 1.21. The minimum atomic E-state index is -0.475. The third-order valence-corrected chi connectivity index (χ3v) is 1.21. The molecule has 0 aliphatic heterocycles. The van der Waals surface area contributed by atoms with Crippen LogP contribution in [0.5, 0.6) is 0 Å². The largest absolute Gasteiger partial charge is 0.229 e. The first-order valence-corrected chi connectivity index (χ1v) is 3.63. The van der Waals surface area contributed by atoms with Crippen molar-refractivity contribution in [2.45, 2.75) is 39.2 Å². The smallest absolute Gasteiger partial charge is 0.111 e. The highest BCUT2D eigenvalue weighted by atomic mass is 16.3. The van der Waals surface area contributed by atoms with E-state index in [4.69, 9.17) is 0 Å². The Kier molecular flexibility index (Phi) is 5.64. The summed E-state index contributed by atoms with van der Waals surface area (Å²) in [5.74, 6) is 0. The Morgan fingerprint density at radius 1 is 1.44 bits per heavy atom. The molecule has 0 aromatic carbocycles. The van der Waals surface area contributed by atoms with E-state index in [9.17, 15) is 5.11 Å². The molecule has 0 aliphatic rings. The van der Waals surface area contributed by atoms with Crippen LogP contribution < -0.4 is 0 Å². The van der Waals surface area contributed by atoms with Crippen molar-refractivity contribution in [3.8, 4) is 0 Å². The maximum Gasteiger partial charge on any atom is 0.111 e. The summed E-state index contributed by atoms with van der Waals surface area (Å²) in [6.07, 6.45) is 6.13. The van der Waals surface area contributed by atoms with Crippen LogP contribution in [0, 0.1) is 0 Å². The quantitative estimate of drug-likeness (QED) is 0.517. The van der Waals surface area contributed by atoms with Crippen molar-refractivity contribution in [3.05, 3.63) is 12.2 Å². The molecule has 0 rings (SSSR count). The molecule has 0 fully saturated rings. The van der Waals surface area contributed by atoms with Gasteiger partial charge in [0.15, 0.2) is 0 Å². The number of allylic oxidation sites excluding steroid dienone is 1. The van der Waals surface area contributed by atoms with Gasteiger partial charge in [-0.25, -0.2) is 5.11 Å². The minimum absolute atomic E-state index is 0.475. The van der Waals surface area contributed by atoms with Crippen LogP contribution in [-0.4, -0.2) is 6.10 Å². The highest BCUT2D eigenvalue weighted by molar-refractivity contribution is 4.86. The van der Waals surface area contributed by atoms with Crippen LogP contribution >= 0.6 is 0 Å². The molecule has 1 heteroatoms. The SMILES string of the molecule is CCCC=CC([O])CC. The van der Waals surface area contributed by atoms with E-state index >= 15 is 0 Å². The first-order chi connectivity index (χ1) is 4.31. The second-order valence-corrected chi connectivity index (χ2v) is 2.16. The lowest BCUT2D eigenvalue weighted by molar-refractivity contribution is 0.126. The monoisotopic (exact) mass is 127 g/mol. The average molecular weight is 127 g/mol. The fraction of sp³-hybridized carbons (Fsp3) is 0.750. The summed E-state index contributed by atoms with van der Waals surface area (Å²) in [7, 11) is 0. The van der Waals surface area contributed by atoms with Crippen molar-refractivity contribution in [1.29, 1.82) is 0 Å². The van der Waals surface area contributed by atoms with Gasteiger partial charge in [-0.1, -0.05) is 32.4 Å². The van der Waals surface area contributed by atoms with Crippen LogP contribution in [0.25, 0.3) is 0 Å². The third kappa shape index (κ3) is 5.57. The lowest BCUT2D eigenvalue weighted by Gasteiger charge is -1.93. The van der Waals surface area contributed by atoms with E-state index < -0.39 is 6.10 Å². The molecule has 0 saturated heterocycles. The van der Waals surface area contributed by atoms with Gasteiger partial charge in [0, 0.05) is 0 Å². The van der Waals surface area contributed by atoms with E-state index in [0.29, 0.717) is 6.42 Å². The zero-order valence-corrected chi connectivity index (χ0v) is 6.26. The summed E-state index contributed by atoms with van der Waals surface area (Å²) < 4.78 is 0. The molecule has 0 spiro atoms. The van der Waals surface area contributed by atoms with E-state index in [1.54, 1.807) is 6.08 Å². The van der Waals surface area contributed by atoms with E-state index in [1.807, 2.05) is 13.0 Å². The van der Waals surface area contributed by atoms with Gasteiger partial charge in [0.2, 0.25) is 0 Å². The van der Waals surface area contributed by atoms with Crippen molar-refractivity contribution >= 4 is 0 Å². The van der Waals surface area contributed by atoms with Crippen LogP contribution in [0.15, 0.2) is 12.2 Å². The summed E-state index contributed by atoms with van der Waals surface area (Å²) in [5.41, 5.74) is 0. The molecule has 1 atom stereocenters. The Labute approximate surface area is 57.4 Å². The van der Waals surface area contributed by atoms with Crippen LogP contribution in [0.3, 0.4) is 0 Å². The van der Waals surface area contributed by atoms with E-state index in [2.05, 4.69) is 6.92 Å². The lowest BCUT2D eigenvalue weighted by atomic mass is 10.2. The van der Waals surface area contributed by atoms with Gasteiger partial charge >= 0.3 is 0 Å². The summed E-state index contributed by atoms with van der Waals surface area (Å²) >= 11 is 0. The zero-order chi connectivity index (χ0) is 7.11.